The van der Waals surface area contributed by atoms with Gasteiger partial charge in [-0.05, 0) is 35.4 Å². The normalized spacial score (nSPS) is 18.2. The molecule has 124 valence electrons. The predicted octanol–water partition coefficient (Wildman–Crippen LogP) is 0.128. The summed E-state index contributed by atoms with van der Waals surface area (Å²) in [6, 6.07) is 4.52. The van der Waals surface area contributed by atoms with Gasteiger partial charge < -0.3 is 9.47 Å². The van der Waals surface area contributed by atoms with Crippen LogP contribution in [-0.4, -0.2) is 55.0 Å². The van der Waals surface area contributed by atoms with Crippen LogP contribution in [0.4, 0.5) is 0 Å². The van der Waals surface area contributed by atoms with Crippen LogP contribution in [0.1, 0.15) is 12.8 Å². The van der Waals surface area contributed by atoms with Crippen LogP contribution < -0.4 is 9.46 Å². The molecule has 23 heavy (non-hydrogen) atoms. The van der Waals surface area contributed by atoms with Crippen LogP contribution in [0.15, 0.2) is 29.4 Å². The lowest BCUT2D eigenvalue weighted by molar-refractivity contribution is 0.114. The van der Waals surface area contributed by atoms with Gasteiger partial charge in [-0.25, -0.2) is 13.1 Å². The molecule has 1 atom stereocenters. The monoisotopic (exact) mass is 339 g/mol. The maximum absolute atomic E-state index is 12.4. The fourth-order valence-corrected chi connectivity index (χ4v) is 3.46. The minimum atomic E-state index is -3.64. The highest BCUT2D eigenvalue weighted by molar-refractivity contribution is 7.89. The largest absolute Gasteiger partial charge is 0.494 e. The van der Waals surface area contributed by atoms with Crippen molar-refractivity contribution in [3.8, 4) is 11.4 Å². The van der Waals surface area contributed by atoms with Gasteiger partial charge in [-0.15, -0.1) is 5.10 Å². The van der Waals surface area contributed by atoms with Crippen molar-refractivity contribution in [1.29, 1.82) is 0 Å². The number of sulfonamides is 1. The minimum absolute atomic E-state index is 0.0628. The van der Waals surface area contributed by atoms with Gasteiger partial charge in [-0.2, -0.15) is 4.68 Å². The second-order valence-corrected chi connectivity index (χ2v) is 6.84. The van der Waals surface area contributed by atoms with E-state index >= 15 is 0 Å². The van der Waals surface area contributed by atoms with Gasteiger partial charge in [0.15, 0.2) is 0 Å². The fraction of sp³-hybridized carbons (Fsp3) is 0.462. The molecule has 2 heterocycles. The number of nitrogens with zero attached hydrogens (tertiary/aromatic N) is 4. The van der Waals surface area contributed by atoms with Crippen molar-refractivity contribution in [2.24, 2.45) is 0 Å². The van der Waals surface area contributed by atoms with Gasteiger partial charge in [-0.1, -0.05) is 0 Å². The molecule has 3 rings (SSSR count). The standard InChI is InChI=1S/C13H17N5O4S/c1-21-13-7-11(4-5-12(13)18-9-14-16-17-18)23(19,20)15-8-10-3-2-6-22-10/h4-5,7,9-10,15H,2-3,6,8H2,1H3. The summed E-state index contributed by atoms with van der Waals surface area (Å²) >= 11 is 0. The van der Waals surface area contributed by atoms with Gasteiger partial charge in [0.1, 0.15) is 17.8 Å². The number of nitrogens with one attached hydrogen (secondary N) is 1. The van der Waals surface area contributed by atoms with Crippen molar-refractivity contribution in [3.63, 3.8) is 0 Å². The second-order valence-electron chi connectivity index (χ2n) is 5.07. The SMILES string of the molecule is COc1cc(S(=O)(=O)NCC2CCCO2)ccc1-n1cnnn1. The van der Waals surface area contributed by atoms with Gasteiger partial charge in [0.25, 0.3) is 0 Å². The Balaban J connectivity index is 1.81. The van der Waals surface area contributed by atoms with E-state index in [1.807, 2.05) is 0 Å². The summed E-state index contributed by atoms with van der Waals surface area (Å²) in [5.74, 6) is 0.359. The van der Waals surface area contributed by atoms with Crippen molar-refractivity contribution in [2.45, 2.75) is 23.8 Å². The van der Waals surface area contributed by atoms with Gasteiger partial charge in [0.05, 0.1) is 18.1 Å². The molecule has 1 fully saturated rings. The topological polar surface area (TPSA) is 108 Å². The van der Waals surface area contributed by atoms with E-state index in [1.54, 1.807) is 6.07 Å². The average molecular weight is 339 g/mol. The number of methoxy groups -OCH3 is 1. The van der Waals surface area contributed by atoms with E-state index < -0.39 is 10.0 Å². The molecule has 0 amide bonds. The lowest BCUT2D eigenvalue weighted by Crippen LogP contribution is -2.31. The molecule has 10 heteroatoms. The molecule has 1 saturated heterocycles. The lowest BCUT2D eigenvalue weighted by atomic mass is 10.2. The van der Waals surface area contributed by atoms with E-state index in [9.17, 15) is 8.42 Å². The van der Waals surface area contributed by atoms with Crippen molar-refractivity contribution >= 4 is 10.0 Å². The molecule has 0 spiro atoms. The highest BCUT2D eigenvalue weighted by atomic mass is 32.2. The number of hydrogen-bond donors (Lipinski definition) is 1. The summed E-state index contributed by atoms with van der Waals surface area (Å²) in [5, 5.41) is 10.9. The first-order chi connectivity index (χ1) is 11.1. The summed E-state index contributed by atoms with van der Waals surface area (Å²) in [6.45, 7) is 0.945. The van der Waals surface area contributed by atoms with Crippen LogP contribution in [0, 0.1) is 0 Å². The molecule has 0 bridgehead atoms. The summed E-state index contributed by atoms with van der Waals surface area (Å²) in [6.07, 6.45) is 3.17. The highest BCUT2D eigenvalue weighted by Crippen LogP contribution is 2.25. The Hall–Kier alpha value is -2.04. The fourth-order valence-electron chi connectivity index (χ4n) is 2.38. The molecular weight excluding hydrogens is 322 g/mol. The van der Waals surface area contributed by atoms with E-state index in [0.29, 0.717) is 18.0 Å². The van der Waals surface area contributed by atoms with E-state index in [1.165, 1.54) is 30.3 Å². The molecule has 1 N–H and O–H groups in total. The Labute approximate surface area is 133 Å². The highest BCUT2D eigenvalue weighted by Gasteiger charge is 2.21. The Morgan fingerprint density at radius 1 is 1.48 bits per heavy atom. The molecule has 1 aromatic heterocycles. The van der Waals surface area contributed by atoms with Crippen molar-refractivity contribution in [1.82, 2.24) is 24.9 Å². The number of hydrogen-bond acceptors (Lipinski definition) is 7. The molecule has 0 radical (unpaired) electrons. The third-order valence-electron chi connectivity index (χ3n) is 3.58. The van der Waals surface area contributed by atoms with E-state index in [2.05, 4.69) is 20.2 Å². The molecule has 1 unspecified atom stereocenters. The first-order valence-corrected chi connectivity index (χ1v) is 8.61. The van der Waals surface area contributed by atoms with Crippen molar-refractivity contribution in [3.05, 3.63) is 24.5 Å². The number of ether oxygens (including phenoxy) is 2. The van der Waals surface area contributed by atoms with Crippen molar-refractivity contribution < 1.29 is 17.9 Å². The summed E-state index contributed by atoms with van der Waals surface area (Å²) in [4.78, 5) is 0.115. The van der Waals surface area contributed by atoms with Crippen LogP contribution in [-0.2, 0) is 14.8 Å². The first kappa shape index (κ1) is 15.8. The molecule has 1 aliphatic rings. The first-order valence-electron chi connectivity index (χ1n) is 7.13. The van der Waals surface area contributed by atoms with Crippen LogP contribution >= 0.6 is 0 Å². The van der Waals surface area contributed by atoms with Gasteiger partial charge >= 0.3 is 0 Å². The maximum Gasteiger partial charge on any atom is 0.240 e. The number of rotatable bonds is 6. The Morgan fingerprint density at radius 2 is 2.35 bits per heavy atom. The Kier molecular flexibility index (Phi) is 4.55. The molecule has 2 aromatic rings. The van der Waals surface area contributed by atoms with Gasteiger partial charge in [0.2, 0.25) is 10.0 Å². The molecule has 0 aliphatic carbocycles. The number of benzene rings is 1. The number of aromatic nitrogens is 4. The average Bonchev–Trinajstić information content (AvgIpc) is 3.25. The quantitative estimate of drug-likeness (QED) is 0.796. The zero-order chi connectivity index (χ0) is 16.3. The van der Waals surface area contributed by atoms with Crippen LogP contribution in [0.2, 0.25) is 0 Å². The molecule has 1 aromatic carbocycles. The van der Waals surface area contributed by atoms with Gasteiger partial charge in [-0.3, -0.25) is 0 Å². The third kappa shape index (κ3) is 3.49. The zero-order valence-electron chi connectivity index (χ0n) is 12.5. The third-order valence-corrected chi connectivity index (χ3v) is 5.00. The van der Waals surface area contributed by atoms with Crippen LogP contribution in [0.3, 0.4) is 0 Å². The summed E-state index contributed by atoms with van der Waals surface area (Å²) < 4.78 is 39.4. The molecule has 0 saturated carbocycles. The lowest BCUT2D eigenvalue weighted by Gasteiger charge is -2.13. The second kappa shape index (κ2) is 6.60. The molecule has 1 aliphatic heterocycles. The van der Waals surface area contributed by atoms with E-state index in [0.717, 1.165) is 12.8 Å². The van der Waals surface area contributed by atoms with Crippen LogP contribution in [0.5, 0.6) is 5.75 Å². The maximum atomic E-state index is 12.4. The van der Waals surface area contributed by atoms with Crippen molar-refractivity contribution in [2.75, 3.05) is 20.3 Å². The summed E-state index contributed by atoms with van der Waals surface area (Å²) in [5.41, 5.74) is 0.551. The summed E-state index contributed by atoms with van der Waals surface area (Å²) in [7, 11) is -2.18. The van der Waals surface area contributed by atoms with E-state index in [4.69, 9.17) is 9.47 Å². The molecular formula is C13H17N5O4S. The number of tetrazole rings is 1. The Bertz CT molecular complexity index is 757. The van der Waals surface area contributed by atoms with E-state index in [-0.39, 0.29) is 17.5 Å². The predicted molar refractivity (Wildman–Crippen MR) is 79.9 cm³/mol. The smallest absolute Gasteiger partial charge is 0.240 e. The van der Waals surface area contributed by atoms with Gasteiger partial charge in [0, 0.05) is 19.2 Å². The van der Waals surface area contributed by atoms with Crippen LogP contribution in [0.25, 0.3) is 5.69 Å². The minimum Gasteiger partial charge on any atom is -0.494 e. The molecule has 9 nitrogen and oxygen atoms in total. The zero-order valence-corrected chi connectivity index (χ0v) is 13.4. The Morgan fingerprint density at radius 3 is 3.00 bits per heavy atom.